The number of carboxylic acid groups (broad SMARTS) is 1. The minimum atomic E-state index is -1.62. The molecule has 0 aliphatic carbocycles. The molecular formula is C82H159NO8. The van der Waals surface area contributed by atoms with E-state index >= 15 is 0 Å². The lowest BCUT2D eigenvalue weighted by Gasteiger charge is -2.26. The van der Waals surface area contributed by atoms with Crippen LogP contribution in [0.25, 0.3) is 0 Å². The molecule has 0 aliphatic rings. The van der Waals surface area contributed by atoms with Crippen LogP contribution in [0.1, 0.15) is 438 Å². The van der Waals surface area contributed by atoms with Crippen LogP contribution in [-0.4, -0.2) is 82.3 Å². The topological polar surface area (TPSA) is 111 Å². The van der Waals surface area contributed by atoms with Crippen molar-refractivity contribution in [1.29, 1.82) is 0 Å². The summed E-state index contributed by atoms with van der Waals surface area (Å²) in [6.07, 6.45) is 89.2. The molecule has 0 bridgehead atoms. The monoisotopic (exact) mass is 1290 g/mol. The molecule has 0 amide bonds. The minimum Gasteiger partial charge on any atom is -0.545 e. The molecule has 0 aliphatic heterocycles. The highest BCUT2D eigenvalue weighted by atomic mass is 16.7. The lowest BCUT2D eigenvalue weighted by Crippen LogP contribution is -2.44. The minimum absolute atomic E-state index is 0.153. The first-order valence-corrected chi connectivity index (χ1v) is 40.8. The van der Waals surface area contributed by atoms with Gasteiger partial charge in [0.15, 0.2) is 12.4 Å². The summed E-state index contributed by atoms with van der Waals surface area (Å²) in [6.45, 7) is 4.85. The van der Waals surface area contributed by atoms with Crippen LogP contribution in [0.15, 0.2) is 12.2 Å². The van der Waals surface area contributed by atoms with E-state index in [1.54, 1.807) is 0 Å². The molecule has 0 radical (unpaired) electrons. The summed E-state index contributed by atoms with van der Waals surface area (Å²) < 4.78 is 22.9. The van der Waals surface area contributed by atoms with E-state index in [1.165, 1.54) is 372 Å². The number of quaternary nitrogens is 1. The molecule has 0 spiro atoms. The fourth-order valence-corrected chi connectivity index (χ4v) is 12.8. The Kier molecular flexibility index (Phi) is 72.2. The van der Waals surface area contributed by atoms with Gasteiger partial charge in [-0.2, -0.15) is 0 Å². The third-order valence-corrected chi connectivity index (χ3v) is 19.0. The molecule has 2 atom stereocenters. The number of carbonyl (C=O) groups excluding carboxylic acids is 3. The van der Waals surface area contributed by atoms with E-state index in [2.05, 4.69) is 26.0 Å². The summed E-state index contributed by atoms with van der Waals surface area (Å²) in [5.74, 6) is -2.24. The van der Waals surface area contributed by atoms with Crippen molar-refractivity contribution in [2.75, 3.05) is 47.5 Å². The van der Waals surface area contributed by atoms with Gasteiger partial charge in [0.2, 0.25) is 0 Å². The second kappa shape index (κ2) is 73.8. The Morgan fingerprint density at radius 3 is 0.813 bits per heavy atom. The van der Waals surface area contributed by atoms with Gasteiger partial charge in [0.1, 0.15) is 13.2 Å². The van der Waals surface area contributed by atoms with E-state index in [9.17, 15) is 19.5 Å². The van der Waals surface area contributed by atoms with Gasteiger partial charge < -0.3 is 33.3 Å². The van der Waals surface area contributed by atoms with Crippen LogP contribution in [0.4, 0.5) is 0 Å². The van der Waals surface area contributed by atoms with E-state index in [4.69, 9.17) is 18.9 Å². The summed E-state index contributed by atoms with van der Waals surface area (Å²) in [5.41, 5.74) is 0. The van der Waals surface area contributed by atoms with Gasteiger partial charge in [-0.1, -0.05) is 398 Å². The van der Waals surface area contributed by atoms with E-state index < -0.39 is 24.3 Å². The second-order valence-corrected chi connectivity index (χ2v) is 29.4. The smallest absolute Gasteiger partial charge is 0.306 e. The lowest BCUT2D eigenvalue weighted by molar-refractivity contribution is -0.870. The normalized spacial score (nSPS) is 12.6. The molecule has 91 heavy (non-hydrogen) atoms. The van der Waals surface area contributed by atoms with Gasteiger partial charge in [0, 0.05) is 12.8 Å². The number of unbranched alkanes of at least 4 members (excludes halogenated alkanes) is 61. The Hall–Kier alpha value is -1.97. The van der Waals surface area contributed by atoms with Gasteiger partial charge in [-0.05, 0) is 38.5 Å². The number of likely N-dealkylation sites (N-methyl/N-ethyl adjacent to an activating group) is 1. The summed E-state index contributed by atoms with van der Waals surface area (Å²) in [5, 5.41) is 11.9. The maximum Gasteiger partial charge on any atom is 0.306 e. The van der Waals surface area contributed by atoms with Gasteiger partial charge in [0.25, 0.3) is 0 Å². The third kappa shape index (κ3) is 75.3. The number of aliphatic carboxylic acids is 1. The molecule has 0 fully saturated rings. The molecule has 9 nitrogen and oxygen atoms in total. The molecule has 540 valence electrons. The summed E-state index contributed by atoms with van der Waals surface area (Å²) in [7, 11) is 5.96. The maximum atomic E-state index is 13.0. The first-order chi connectivity index (χ1) is 44.6. The predicted molar refractivity (Wildman–Crippen MR) is 390 cm³/mol. The zero-order valence-corrected chi connectivity index (χ0v) is 62.0. The Morgan fingerprint density at radius 2 is 0.560 bits per heavy atom. The van der Waals surface area contributed by atoms with E-state index in [-0.39, 0.29) is 32.2 Å². The van der Waals surface area contributed by atoms with Gasteiger partial charge in [-0.25, -0.2) is 0 Å². The van der Waals surface area contributed by atoms with Crippen molar-refractivity contribution in [3.63, 3.8) is 0 Å². The number of esters is 2. The van der Waals surface area contributed by atoms with Crippen molar-refractivity contribution in [2.24, 2.45) is 0 Å². The van der Waals surface area contributed by atoms with E-state index in [1.807, 2.05) is 21.1 Å². The van der Waals surface area contributed by atoms with Gasteiger partial charge in [-0.3, -0.25) is 9.59 Å². The highest BCUT2D eigenvalue weighted by Crippen LogP contribution is 2.21. The van der Waals surface area contributed by atoms with Crippen LogP contribution in [-0.2, 0) is 33.3 Å². The van der Waals surface area contributed by atoms with Crippen molar-refractivity contribution in [3.05, 3.63) is 12.2 Å². The van der Waals surface area contributed by atoms with Crippen LogP contribution in [0, 0.1) is 0 Å². The molecule has 0 N–H and O–H groups in total. The fourth-order valence-electron chi connectivity index (χ4n) is 12.8. The molecule has 0 heterocycles. The predicted octanol–water partition coefficient (Wildman–Crippen LogP) is 24.6. The summed E-state index contributed by atoms with van der Waals surface area (Å²) in [6, 6.07) is 0. The highest BCUT2D eigenvalue weighted by Gasteiger charge is 2.22. The van der Waals surface area contributed by atoms with Gasteiger partial charge >= 0.3 is 11.9 Å². The Morgan fingerprint density at radius 1 is 0.319 bits per heavy atom. The maximum absolute atomic E-state index is 13.0. The molecular weight excluding hydrogens is 1130 g/mol. The third-order valence-electron chi connectivity index (χ3n) is 19.0. The Bertz CT molecular complexity index is 1500. The largest absolute Gasteiger partial charge is 0.545 e. The SMILES string of the molecule is CCCCCCCCCC/C=C\CCCCCCCCCCCCCCCCCCCCCCCC(=O)OC(COC(=O)CCCCCCCCCCCCCCCCCCCCCCCCCCCCCCCCCCC)COC(OCC[N+](C)(C)C)C(=O)[O-]. The van der Waals surface area contributed by atoms with Crippen LogP contribution < -0.4 is 5.11 Å². The molecule has 0 rings (SSSR count). The average Bonchev–Trinajstić information content (AvgIpc) is 3.46. The van der Waals surface area contributed by atoms with E-state index in [0.29, 0.717) is 17.4 Å². The summed E-state index contributed by atoms with van der Waals surface area (Å²) >= 11 is 0. The number of allylic oxidation sites excluding steroid dienone is 2. The number of nitrogens with zero attached hydrogens (tertiary/aromatic N) is 1. The number of ether oxygens (including phenoxy) is 4. The standard InChI is InChI=1S/C82H159NO8/c1-6-8-10-12-14-16-18-20-22-24-26-28-30-32-34-36-38-40-42-44-46-48-50-52-54-56-58-60-62-64-66-68-70-72-79(84)89-76-78(77-90-82(81(86)87)88-75-74-83(3,4)5)91-80(85)73-71-69-67-65-63-61-59-57-55-53-51-49-47-45-43-41-39-37-35-33-31-29-27-25-23-21-19-17-15-13-11-9-7-2/h25,27,78,82H,6-24,26,28-77H2,1-5H3/b27-25-. The van der Waals surface area contributed by atoms with Crippen molar-refractivity contribution >= 4 is 17.9 Å². The molecule has 0 aromatic heterocycles. The van der Waals surface area contributed by atoms with Crippen molar-refractivity contribution in [3.8, 4) is 0 Å². The molecule has 0 aromatic rings. The molecule has 2 unspecified atom stereocenters. The average molecular weight is 1290 g/mol. The van der Waals surface area contributed by atoms with Crippen LogP contribution in [0.5, 0.6) is 0 Å². The Labute approximate surface area is 567 Å². The lowest BCUT2D eigenvalue weighted by atomic mass is 10.0. The Balaban J connectivity index is 3.95. The zero-order chi connectivity index (χ0) is 66.1. The second-order valence-electron chi connectivity index (χ2n) is 29.4. The zero-order valence-electron chi connectivity index (χ0n) is 62.0. The van der Waals surface area contributed by atoms with Crippen LogP contribution in [0.2, 0.25) is 0 Å². The number of hydrogen-bond acceptors (Lipinski definition) is 8. The fraction of sp³-hybridized carbons (Fsp3) is 0.939. The number of rotatable bonds is 78. The molecule has 0 aromatic carbocycles. The van der Waals surface area contributed by atoms with E-state index in [0.717, 1.165) is 38.5 Å². The molecule has 9 heteroatoms. The first-order valence-electron chi connectivity index (χ1n) is 40.8. The van der Waals surface area contributed by atoms with Crippen molar-refractivity contribution in [2.45, 2.75) is 450 Å². The number of carboxylic acids is 1. The van der Waals surface area contributed by atoms with Crippen LogP contribution >= 0.6 is 0 Å². The van der Waals surface area contributed by atoms with Gasteiger partial charge in [-0.15, -0.1) is 0 Å². The molecule has 0 saturated carbocycles. The number of hydrogen-bond donors (Lipinski definition) is 0. The summed E-state index contributed by atoms with van der Waals surface area (Å²) in [4.78, 5) is 37.6. The van der Waals surface area contributed by atoms with Crippen molar-refractivity contribution in [1.82, 2.24) is 0 Å². The van der Waals surface area contributed by atoms with Gasteiger partial charge in [0.05, 0.1) is 40.3 Å². The quantitative estimate of drug-likeness (QED) is 0.0195. The first kappa shape index (κ1) is 89.0. The number of carbonyl (C=O) groups is 3. The van der Waals surface area contributed by atoms with Crippen molar-refractivity contribution < 1.29 is 42.9 Å². The van der Waals surface area contributed by atoms with Crippen LogP contribution in [0.3, 0.4) is 0 Å². The highest BCUT2D eigenvalue weighted by molar-refractivity contribution is 5.70. The molecule has 0 saturated heterocycles.